The van der Waals surface area contributed by atoms with Crippen LogP contribution >= 0.6 is 0 Å². The van der Waals surface area contributed by atoms with Crippen molar-refractivity contribution in [1.29, 1.82) is 0 Å². The lowest BCUT2D eigenvalue weighted by Crippen LogP contribution is -2.31. The van der Waals surface area contributed by atoms with E-state index < -0.39 is 0 Å². The molecule has 3 nitrogen and oxygen atoms in total. The van der Waals surface area contributed by atoms with Crippen molar-refractivity contribution in [3.63, 3.8) is 0 Å². The van der Waals surface area contributed by atoms with E-state index in [1.54, 1.807) is 0 Å². The molecule has 0 aliphatic rings. The van der Waals surface area contributed by atoms with Crippen molar-refractivity contribution in [3.8, 4) is 0 Å². The monoisotopic (exact) mass is 164 g/mol. The number of hydrogen-bond acceptors (Lipinski definition) is 3. The Morgan fingerprint density at radius 1 is 1.33 bits per heavy atom. The summed E-state index contributed by atoms with van der Waals surface area (Å²) in [4.78, 5) is 10.1. The van der Waals surface area contributed by atoms with Crippen molar-refractivity contribution in [1.82, 2.24) is 5.01 Å². The molecule has 1 aromatic rings. The quantitative estimate of drug-likeness (QED) is 0.402. The number of rotatable bonds is 4. The molecule has 0 radical (unpaired) electrons. The molecule has 3 heteroatoms. The van der Waals surface area contributed by atoms with Gasteiger partial charge in [0, 0.05) is 6.54 Å². The minimum Gasteiger partial charge on any atom is -0.302 e. The molecule has 0 heterocycles. The first-order valence-electron chi connectivity index (χ1n) is 3.80. The second-order valence-corrected chi connectivity index (χ2v) is 2.58. The molecule has 0 aromatic heterocycles. The van der Waals surface area contributed by atoms with Crippen LogP contribution in [0.1, 0.15) is 5.56 Å². The maximum Gasteiger partial charge on any atom is 0.135 e. The fraction of sp³-hybridized carbons (Fsp3) is 0.222. The molecule has 0 saturated carbocycles. The molecule has 0 bridgehead atoms. The lowest BCUT2D eigenvalue weighted by Gasteiger charge is -2.11. The van der Waals surface area contributed by atoms with Crippen LogP contribution in [0.3, 0.4) is 0 Å². The van der Waals surface area contributed by atoms with Gasteiger partial charge in [0.15, 0.2) is 0 Å². The molecule has 12 heavy (non-hydrogen) atoms. The molecule has 0 aliphatic carbocycles. The highest BCUT2D eigenvalue weighted by Gasteiger charge is 1.97. The average molecular weight is 164 g/mol. The molecule has 0 amide bonds. The Morgan fingerprint density at radius 3 is 2.58 bits per heavy atom. The zero-order valence-electron chi connectivity index (χ0n) is 6.81. The van der Waals surface area contributed by atoms with Gasteiger partial charge in [0.05, 0.1) is 6.54 Å². The van der Waals surface area contributed by atoms with Crippen LogP contribution in [0.25, 0.3) is 0 Å². The largest absolute Gasteiger partial charge is 0.302 e. The topological polar surface area (TPSA) is 46.3 Å². The predicted octanol–water partition coefficient (Wildman–Crippen LogP) is 0.561. The summed E-state index contributed by atoms with van der Waals surface area (Å²) in [5.74, 6) is 5.52. The van der Waals surface area contributed by atoms with Gasteiger partial charge in [0.2, 0.25) is 0 Å². The van der Waals surface area contributed by atoms with E-state index in [0.717, 1.165) is 11.8 Å². The summed E-state index contributed by atoms with van der Waals surface area (Å²) in [5.41, 5.74) is 1.11. The van der Waals surface area contributed by atoms with Gasteiger partial charge in [-0.25, -0.2) is 5.01 Å². The van der Waals surface area contributed by atoms with Crippen molar-refractivity contribution in [2.24, 2.45) is 5.84 Å². The van der Waals surface area contributed by atoms with Crippen LogP contribution in [0, 0.1) is 0 Å². The highest BCUT2D eigenvalue weighted by atomic mass is 16.1. The molecule has 1 aromatic carbocycles. The Morgan fingerprint density at radius 2 is 2.00 bits per heavy atom. The van der Waals surface area contributed by atoms with E-state index >= 15 is 0 Å². The van der Waals surface area contributed by atoms with Gasteiger partial charge in [0.25, 0.3) is 0 Å². The van der Waals surface area contributed by atoms with E-state index in [9.17, 15) is 4.79 Å². The van der Waals surface area contributed by atoms with Gasteiger partial charge in [-0.05, 0) is 5.56 Å². The standard InChI is InChI=1S/C9H12N2O/c10-11(6-7-12)8-9-4-2-1-3-5-9/h1-5,7H,6,8,10H2. The average Bonchev–Trinajstić information content (AvgIpc) is 2.06. The van der Waals surface area contributed by atoms with E-state index in [4.69, 9.17) is 5.84 Å². The van der Waals surface area contributed by atoms with Gasteiger partial charge in [0.1, 0.15) is 6.29 Å². The molecule has 0 saturated heterocycles. The van der Waals surface area contributed by atoms with Crippen LogP contribution in [0.15, 0.2) is 30.3 Å². The second kappa shape index (κ2) is 4.64. The molecular weight excluding hydrogens is 152 g/mol. The number of carbonyl (C=O) groups is 1. The highest BCUT2D eigenvalue weighted by molar-refractivity contribution is 5.51. The minimum absolute atomic E-state index is 0.273. The highest BCUT2D eigenvalue weighted by Crippen LogP contribution is 1.99. The van der Waals surface area contributed by atoms with Crippen molar-refractivity contribution in [3.05, 3.63) is 35.9 Å². The Balaban J connectivity index is 2.46. The number of nitrogens with two attached hydrogens (primary N) is 1. The number of aldehydes is 1. The van der Waals surface area contributed by atoms with Crippen LogP contribution < -0.4 is 5.84 Å². The summed E-state index contributed by atoms with van der Waals surface area (Å²) in [5, 5.41) is 1.47. The molecule has 0 aliphatic heterocycles. The molecule has 2 N–H and O–H groups in total. The summed E-state index contributed by atoms with van der Waals surface area (Å²) in [7, 11) is 0. The first-order valence-corrected chi connectivity index (χ1v) is 3.80. The molecule has 1 rings (SSSR count). The van der Waals surface area contributed by atoms with Gasteiger partial charge in [-0.1, -0.05) is 30.3 Å². The first-order chi connectivity index (χ1) is 5.83. The number of carbonyl (C=O) groups excluding carboxylic acids is 1. The SMILES string of the molecule is NN(CC=O)Cc1ccccc1. The summed E-state index contributed by atoms with van der Waals surface area (Å²) in [6, 6.07) is 9.80. The third-order valence-electron chi connectivity index (χ3n) is 1.54. The van der Waals surface area contributed by atoms with E-state index in [2.05, 4.69) is 0 Å². The Labute approximate surface area is 71.8 Å². The number of hydrazine groups is 1. The normalized spacial score (nSPS) is 10.2. The lowest BCUT2D eigenvalue weighted by molar-refractivity contribution is -0.109. The van der Waals surface area contributed by atoms with E-state index in [-0.39, 0.29) is 6.54 Å². The third-order valence-corrected chi connectivity index (χ3v) is 1.54. The van der Waals surface area contributed by atoms with E-state index in [0.29, 0.717) is 6.54 Å². The number of nitrogens with zero attached hydrogens (tertiary/aromatic N) is 1. The first kappa shape index (κ1) is 8.90. The zero-order chi connectivity index (χ0) is 8.81. The lowest BCUT2D eigenvalue weighted by atomic mass is 10.2. The van der Waals surface area contributed by atoms with Gasteiger partial charge in [-0.2, -0.15) is 0 Å². The van der Waals surface area contributed by atoms with Crippen LogP contribution in [0.5, 0.6) is 0 Å². The van der Waals surface area contributed by atoms with Crippen molar-refractivity contribution >= 4 is 6.29 Å². The summed E-state index contributed by atoms with van der Waals surface area (Å²) >= 11 is 0. The van der Waals surface area contributed by atoms with Crippen molar-refractivity contribution in [2.75, 3.05) is 6.54 Å². The van der Waals surface area contributed by atoms with Crippen LogP contribution in [0.4, 0.5) is 0 Å². The molecule has 64 valence electrons. The van der Waals surface area contributed by atoms with Crippen LogP contribution in [-0.2, 0) is 11.3 Å². The van der Waals surface area contributed by atoms with Gasteiger partial charge < -0.3 is 4.79 Å². The summed E-state index contributed by atoms with van der Waals surface area (Å²) in [6.45, 7) is 0.883. The van der Waals surface area contributed by atoms with Crippen LogP contribution in [0.2, 0.25) is 0 Å². The minimum atomic E-state index is 0.273. The van der Waals surface area contributed by atoms with Crippen molar-refractivity contribution in [2.45, 2.75) is 6.54 Å². The third kappa shape index (κ3) is 2.82. The summed E-state index contributed by atoms with van der Waals surface area (Å²) in [6.07, 6.45) is 0.795. The predicted molar refractivity (Wildman–Crippen MR) is 47.1 cm³/mol. The van der Waals surface area contributed by atoms with E-state index in [1.807, 2.05) is 30.3 Å². The maximum absolute atomic E-state index is 10.1. The molecular formula is C9H12N2O. The fourth-order valence-corrected chi connectivity index (χ4v) is 0.978. The Bertz CT molecular complexity index is 236. The smallest absolute Gasteiger partial charge is 0.135 e. The summed E-state index contributed by atoms with van der Waals surface area (Å²) < 4.78 is 0. The second-order valence-electron chi connectivity index (χ2n) is 2.58. The molecule has 0 fully saturated rings. The molecule has 0 spiro atoms. The zero-order valence-corrected chi connectivity index (χ0v) is 6.81. The Kier molecular flexibility index (Phi) is 3.44. The fourth-order valence-electron chi connectivity index (χ4n) is 0.978. The van der Waals surface area contributed by atoms with Crippen LogP contribution in [-0.4, -0.2) is 17.8 Å². The van der Waals surface area contributed by atoms with E-state index in [1.165, 1.54) is 5.01 Å². The number of hydrogen-bond donors (Lipinski definition) is 1. The van der Waals surface area contributed by atoms with Gasteiger partial charge in [-0.3, -0.25) is 5.84 Å². The maximum atomic E-state index is 10.1. The molecule has 0 atom stereocenters. The Hall–Kier alpha value is -1.19. The van der Waals surface area contributed by atoms with Gasteiger partial charge in [-0.15, -0.1) is 0 Å². The number of benzene rings is 1. The molecule has 0 unspecified atom stereocenters. The van der Waals surface area contributed by atoms with Gasteiger partial charge >= 0.3 is 0 Å². The van der Waals surface area contributed by atoms with Crippen molar-refractivity contribution < 1.29 is 4.79 Å².